The summed E-state index contributed by atoms with van der Waals surface area (Å²) in [4.78, 5) is 12.3. The van der Waals surface area contributed by atoms with E-state index in [2.05, 4.69) is 25.3 Å². The molecule has 1 aliphatic carbocycles. The van der Waals surface area contributed by atoms with Crippen LogP contribution in [-0.2, 0) is 4.79 Å². The zero-order chi connectivity index (χ0) is 22.3. The van der Waals surface area contributed by atoms with Gasteiger partial charge in [0.2, 0.25) is 0 Å². The molecule has 1 fully saturated rings. The summed E-state index contributed by atoms with van der Waals surface area (Å²) in [7, 11) is 0. The molecule has 32 heavy (non-hydrogen) atoms. The van der Waals surface area contributed by atoms with Gasteiger partial charge in [0.05, 0.1) is 28.7 Å². The predicted octanol–water partition coefficient (Wildman–Crippen LogP) is 4.47. The van der Waals surface area contributed by atoms with E-state index < -0.39 is 0 Å². The van der Waals surface area contributed by atoms with E-state index >= 15 is 0 Å². The maximum absolute atomic E-state index is 12.3. The number of rotatable bonds is 7. The standard InChI is InChI=1S/C23H24ClN5O2S/c24-18-11-9-17(10-12-18)22-27-28-23(29(22)19-6-2-1-3-7-19)32-15-21(31)26-25-14-16-5-4-8-20(30)13-16/h4-5,8-14,19H,1-3,6-7,15H2,(H2,26,30,31)/p+1/b25-14+. The zero-order valence-electron chi connectivity index (χ0n) is 17.5. The molecule has 3 aromatic rings. The summed E-state index contributed by atoms with van der Waals surface area (Å²) in [5, 5.41) is 22.6. The number of nitrogens with one attached hydrogen (secondary N) is 2. The Hall–Kier alpha value is -2.84. The monoisotopic (exact) mass is 470 g/mol. The van der Waals surface area contributed by atoms with Crippen molar-refractivity contribution < 1.29 is 14.5 Å². The average molecular weight is 471 g/mol. The minimum atomic E-state index is -0.224. The number of hydrazone groups is 1. The van der Waals surface area contributed by atoms with Crippen LogP contribution >= 0.6 is 23.4 Å². The lowest BCUT2D eigenvalue weighted by Gasteiger charge is -2.21. The quantitative estimate of drug-likeness (QED) is 0.205. The molecule has 166 valence electrons. The second kappa shape index (κ2) is 10.7. The summed E-state index contributed by atoms with van der Waals surface area (Å²) in [6.07, 6.45) is 7.33. The van der Waals surface area contributed by atoms with Gasteiger partial charge in [-0.25, -0.2) is 9.99 Å². The molecule has 0 radical (unpaired) electrons. The number of hydrogen-bond donors (Lipinski definition) is 3. The van der Waals surface area contributed by atoms with Crippen molar-refractivity contribution in [2.75, 3.05) is 5.75 Å². The molecule has 0 unspecified atom stereocenters. The summed E-state index contributed by atoms with van der Waals surface area (Å²) in [6, 6.07) is 14.7. The van der Waals surface area contributed by atoms with E-state index in [1.807, 2.05) is 24.3 Å². The van der Waals surface area contributed by atoms with Gasteiger partial charge >= 0.3 is 5.16 Å². The number of halogens is 1. The molecule has 1 heterocycles. The summed E-state index contributed by atoms with van der Waals surface area (Å²) in [6.45, 7) is 0. The SMILES string of the molecule is O=C(CSc1n[nH]c(-c2ccc(Cl)cc2)[n+]1C1CCCCC1)N/N=C/c1cccc(O)c1. The van der Waals surface area contributed by atoms with Crippen LogP contribution in [0.4, 0.5) is 0 Å². The van der Waals surface area contributed by atoms with Crippen LogP contribution in [0.25, 0.3) is 11.4 Å². The second-order valence-corrected chi connectivity index (χ2v) is 9.08. The number of benzene rings is 2. The van der Waals surface area contributed by atoms with Crippen LogP contribution < -0.4 is 9.99 Å². The Balaban J connectivity index is 1.45. The third-order valence-electron chi connectivity index (χ3n) is 5.37. The molecule has 4 rings (SSSR count). The summed E-state index contributed by atoms with van der Waals surface area (Å²) < 4.78 is 2.23. The summed E-state index contributed by atoms with van der Waals surface area (Å²) in [5.41, 5.74) is 4.25. The fourth-order valence-electron chi connectivity index (χ4n) is 3.84. The van der Waals surface area contributed by atoms with Crippen molar-refractivity contribution in [2.45, 2.75) is 43.3 Å². The smallest absolute Gasteiger partial charge is 0.337 e. The Bertz CT molecular complexity index is 1090. The van der Waals surface area contributed by atoms with Crippen molar-refractivity contribution in [1.29, 1.82) is 0 Å². The third kappa shape index (κ3) is 5.69. The molecule has 0 bridgehead atoms. The molecule has 0 aliphatic heterocycles. The van der Waals surface area contributed by atoms with Gasteiger partial charge in [0.25, 0.3) is 11.7 Å². The fraction of sp³-hybridized carbons (Fsp3) is 0.304. The molecule has 9 heteroatoms. The highest BCUT2D eigenvalue weighted by Gasteiger charge is 2.30. The van der Waals surface area contributed by atoms with Crippen molar-refractivity contribution in [3.8, 4) is 17.1 Å². The molecule has 1 amide bonds. The number of H-pyrrole nitrogens is 1. The van der Waals surface area contributed by atoms with Crippen LogP contribution in [-0.4, -0.2) is 33.2 Å². The van der Waals surface area contributed by atoms with Crippen molar-refractivity contribution in [3.63, 3.8) is 0 Å². The van der Waals surface area contributed by atoms with E-state index in [1.165, 1.54) is 37.2 Å². The number of carbonyl (C=O) groups is 1. The number of aromatic nitrogens is 3. The van der Waals surface area contributed by atoms with Crippen LogP contribution in [0.15, 0.2) is 58.8 Å². The molecule has 0 spiro atoms. The first kappa shape index (κ1) is 22.4. The lowest BCUT2D eigenvalue weighted by molar-refractivity contribution is -0.749. The molecule has 1 aromatic heterocycles. The lowest BCUT2D eigenvalue weighted by Crippen LogP contribution is -2.43. The van der Waals surface area contributed by atoms with Crippen LogP contribution in [0, 0.1) is 0 Å². The first-order valence-corrected chi connectivity index (χ1v) is 12.0. The Morgan fingerprint density at radius 2 is 2.03 bits per heavy atom. The van der Waals surface area contributed by atoms with E-state index in [1.54, 1.807) is 24.3 Å². The van der Waals surface area contributed by atoms with Gasteiger partial charge in [-0.1, -0.05) is 30.2 Å². The van der Waals surface area contributed by atoms with E-state index in [0.29, 0.717) is 16.6 Å². The molecular weight excluding hydrogens is 446 g/mol. The van der Waals surface area contributed by atoms with E-state index in [9.17, 15) is 9.90 Å². The van der Waals surface area contributed by atoms with Crippen LogP contribution in [0.1, 0.15) is 43.7 Å². The Labute approximate surface area is 195 Å². The van der Waals surface area contributed by atoms with Gasteiger partial charge in [-0.2, -0.15) is 5.10 Å². The molecular formula is C23H25ClN5O2S+. The largest absolute Gasteiger partial charge is 0.508 e. The molecule has 0 atom stereocenters. The highest BCUT2D eigenvalue weighted by atomic mass is 35.5. The minimum absolute atomic E-state index is 0.151. The van der Waals surface area contributed by atoms with Gasteiger partial charge in [0, 0.05) is 5.02 Å². The average Bonchev–Trinajstić information content (AvgIpc) is 3.23. The number of thioether (sulfide) groups is 1. The predicted molar refractivity (Wildman–Crippen MR) is 126 cm³/mol. The normalized spacial score (nSPS) is 14.7. The van der Waals surface area contributed by atoms with Gasteiger partial charge in [-0.05, 0) is 79.4 Å². The van der Waals surface area contributed by atoms with E-state index in [0.717, 1.165) is 29.4 Å². The van der Waals surface area contributed by atoms with Crippen LogP contribution in [0.2, 0.25) is 5.02 Å². The number of hydrogen-bond acceptors (Lipinski definition) is 5. The fourth-order valence-corrected chi connectivity index (χ4v) is 4.78. The Kier molecular flexibility index (Phi) is 7.44. The highest BCUT2D eigenvalue weighted by molar-refractivity contribution is 7.99. The van der Waals surface area contributed by atoms with E-state index in [4.69, 9.17) is 11.6 Å². The van der Waals surface area contributed by atoms with Gasteiger partial charge in [0.1, 0.15) is 5.75 Å². The number of amides is 1. The van der Waals surface area contributed by atoms with E-state index in [-0.39, 0.29) is 17.4 Å². The second-order valence-electron chi connectivity index (χ2n) is 7.70. The lowest BCUT2D eigenvalue weighted by atomic mass is 9.95. The van der Waals surface area contributed by atoms with Crippen LogP contribution in [0.3, 0.4) is 0 Å². The number of carbonyl (C=O) groups excluding carboxylic acids is 1. The number of aromatic hydroxyl groups is 1. The number of aromatic amines is 1. The summed E-state index contributed by atoms with van der Waals surface area (Å²) >= 11 is 7.45. The summed E-state index contributed by atoms with van der Waals surface area (Å²) in [5.74, 6) is 1.05. The molecule has 2 aromatic carbocycles. The van der Waals surface area contributed by atoms with Gasteiger partial charge in [-0.15, -0.1) is 5.10 Å². The maximum atomic E-state index is 12.3. The van der Waals surface area contributed by atoms with Crippen molar-refractivity contribution in [3.05, 3.63) is 59.1 Å². The maximum Gasteiger partial charge on any atom is 0.337 e. The topological polar surface area (TPSA) is 94.3 Å². The van der Waals surface area contributed by atoms with Gasteiger partial charge in [0.15, 0.2) is 0 Å². The van der Waals surface area contributed by atoms with Crippen molar-refractivity contribution >= 4 is 35.5 Å². The van der Waals surface area contributed by atoms with Crippen LogP contribution in [0.5, 0.6) is 5.75 Å². The Morgan fingerprint density at radius 1 is 1.25 bits per heavy atom. The zero-order valence-corrected chi connectivity index (χ0v) is 19.1. The number of nitrogens with zero attached hydrogens (tertiary/aromatic N) is 3. The highest BCUT2D eigenvalue weighted by Crippen LogP contribution is 2.29. The molecule has 1 aliphatic rings. The van der Waals surface area contributed by atoms with Gasteiger partial charge < -0.3 is 5.11 Å². The third-order valence-corrected chi connectivity index (χ3v) is 6.57. The first-order chi connectivity index (χ1) is 15.6. The number of phenolic OH excluding ortho intramolecular Hbond substituents is 1. The first-order valence-electron chi connectivity index (χ1n) is 10.6. The van der Waals surface area contributed by atoms with Crippen molar-refractivity contribution in [2.24, 2.45) is 5.10 Å². The molecule has 7 nitrogen and oxygen atoms in total. The Morgan fingerprint density at radius 3 is 2.78 bits per heavy atom. The number of phenols is 1. The minimum Gasteiger partial charge on any atom is -0.508 e. The van der Waals surface area contributed by atoms with Crippen molar-refractivity contribution in [1.82, 2.24) is 15.6 Å². The molecule has 1 saturated carbocycles. The molecule has 0 saturated heterocycles. The molecule has 3 N–H and O–H groups in total. The van der Waals surface area contributed by atoms with Gasteiger partial charge in [-0.3, -0.25) is 4.79 Å².